The van der Waals surface area contributed by atoms with Gasteiger partial charge >= 0.3 is 0 Å². The lowest BCUT2D eigenvalue weighted by Crippen LogP contribution is -1.95. The molecule has 0 spiro atoms. The summed E-state index contributed by atoms with van der Waals surface area (Å²) in [6.07, 6.45) is 4.59. The summed E-state index contributed by atoms with van der Waals surface area (Å²) in [5.41, 5.74) is 1.98. The number of hydrogen-bond donors (Lipinski definition) is 0. The third-order valence-corrected chi connectivity index (χ3v) is 2.26. The Hall–Kier alpha value is -1.41. The van der Waals surface area contributed by atoms with Crippen molar-refractivity contribution in [3.63, 3.8) is 0 Å². The van der Waals surface area contributed by atoms with Crippen LogP contribution in [-0.2, 0) is 16.1 Å². The van der Waals surface area contributed by atoms with Gasteiger partial charge in [-0.2, -0.15) is 0 Å². The summed E-state index contributed by atoms with van der Waals surface area (Å²) in [7, 11) is 0. The lowest BCUT2D eigenvalue weighted by atomic mass is 10.1. The van der Waals surface area contributed by atoms with Crippen LogP contribution in [0.3, 0.4) is 0 Å². The van der Waals surface area contributed by atoms with E-state index in [2.05, 4.69) is 6.92 Å². The fourth-order valence-electron chi connectivity index (χ4n) is 1.41. The first-order valence-electron chi connectivity index (χ1n) is 5.62. The quantitative estimate of drug-likeness (QED) is 0.399. The van der Waals surface area contributed by atoms with Crippen molar-refractivity contribution >= 4 is 6.29 Å². The van der Waals surface area contributed by atoms with Crippen molar-refractivity contribution in [2.75, 3.05) is 6.61 Å². The number of benzene rings is 1. The summed E-state index contributed by atoms with van der Waals surface area (Å²) in [6.45, 7) is 3.15. The van der Waals surface area contributed by atoms with Gasteiger partial charge in [0.25, 0.3) is 0 Å². The van der Waals surface area contributed by atoms with Crippen LogP contribution in [0.15, 0.2) is 42.0 Å². The van der Waals surface area contributed by atoms with E-state index in [1.54, 1.807) is 0 Å². The molecule has 0 aliphatic carbocycles. The van der Waals surface area contributed by atoms with Gasteiger partial charge in [-0.1, -0.05) is 49.8 Å². The van der Waals surface area contributed by atoms with E-state index in [-0.39, 0.29) is 0 Å². The molecule has 0 aliphatic rings. The Morgan fingerprint density at radius 3 is 2.69 bits per heavy atom. The molecule has 0 aromatic heterocycles. The predicted molar refractivity (Wildman–Crippen MR) is 65.2 cm³/mol. The lowest BCUT2D eigenvalue weighted by molar-refractivity contribution is -0.105. The second kappa shape index (κ2) is 7.83. The second-order valence-electron chi connectivity index (χ2n) is 3.65. The molecule has 0 saturated heterocycles. The van der Waals surface area contributed by atoms with Crippen LogP contribution < -0.4 is 0 Å². The van der Waals surface area contributed by atoms with Gasteiger partial charge in [0.05, 0.1) is 13.2 Å². The van der Waals surface area contributed by atoms with Crippen molar-refractivity contribution in [3.8, 4) is 0 Å². The average molecular weight is 218 g/mol. The summed E-state index contributed by atoms with van der Waals surface area (Å²) in [5.74, 6) is 0. The Morgan fingerprint density at radius 2 is 2.06 bits per heavy atom. The van der Waals surface area contributed by atoms with Gasteiger partial charge in [-0.05, 0) is 17.6 Å². The van der Waals surface area contributed by atoms with Gasteiger partial charge in [0.1, 0.15) is 6.29 Å². The van der Waals surface area contributed by atoms with Gasteiger partial charge in [-0.25, -0.2) is 0 Å². The number of aldehydes is 1. The maximum Gasteiger partial charge on any atom is 0.145 e. The minimum Gasteiger partial charge on any atom is -0.373 e. The Labute approximate surface area is 96.9 Å². The minimum atomic E-state index is 0.503. The van der Waals surface area contributed by atoms with Gasteiger partial charge in [0.15, 0.2) is 0 Å². The van der Waals surface area contributed by atoms with Gasteiger partial charge in [0.2, 0.25) is 0 Å². The molecule has 0 aliphatic heterocycles. The van der Waals surface area contributed by atoms with E-state index < -0.39 is 0 Å². The molecule has 2 heteroatoms. The van der Waals surface area contributed by atoms with Crippen LogP contribution in [0.1, 0.15) is 25.3 Å². The number of rotatable bonds is 7. The SMILES string of the molecule is CCCC(C=O)=CCOCc1ccccc1. The Kier molecular flexibility index (Phi) is 6.19. The van der Waals surface area contributed by atoms with Gasteiger partial charge in [-0.15, -0.1) is 0 Å². The molecule has 0 N–H and O–H groups in total. The second-order valence-corrected chi connectivity index (χ2v) is 3.65. The third kappa shape index (κ3) is 4.89. The lowest BCUT2D eigenvalue weighted by Gasteiger charge is -2.02. The highest BCUT2D eigenvalue weighted by atomic mass is 16.5. The highest BCUT2D eigenvalue weighted by Crippen LogP contribution is 2.03. The maximum atomic E-state index is 10.6. The molecule has 16 heavy (non-hydrogen) atoms. The molecule has 1 aromatic rings. The molecule has 0 bridgehead atoms. The normalized spacial score (nSPS) is 11.4. The zero-order valence-corrected chi connectivity index (χ0v) is 9.69. The summed E-state index contributed by atoms with van der Waals surface area (Å²) >= 11 is 0. The standard InChI is InChI=1S/C14H18O2/c1-2-6-13(11-15)9-10-16-12-14-7-4-3-5-8-14/h3-5,7-9,11H,2,6,10,12H2,1H3. The molecule has 1 rings (SSSR count). The van der Waals surface area contributed by atoms with Gasteiger partial charge in [-0.3, -0.25) is 4.79 Å². The van der Waals surface area contributed by atoms with Crippen molar-refractivity contribution in [2.45, 2.75) is 26.4 Å². The van der Waals surface area contributed by atoms with Crippen LogP contribution >= 0.6 is 0 Å². The van der Waals surface area contributed by atoms with Crippen molar-refractivity contribution in [2.24, 2.45) is 0 Å². The third-order valence-electron chi connectivity index (χ3n) is 2.26. The van der Waals surface area contributed by atoms with Crippen LogP contribution in [0.25, 0.3) is 0 Å². The highest BCUT2D eigenvalue weighted by molar-refractivity contribution is 5.72. The van der Waals surface area contributed by atoms with E-state index in [0.717, 1.165) is 30.3 Å². The number of carbonyl (C=O) groups excluding carboxylic acids is 1. The van der Waals surface area contributed by atoms with E-state index in [4.69, 9.17) is 4.74 Å². The topological polar surface area (TPSA) is 26.3 Å². The van der Waals surface area contributed by atoms with E-state index in [0.29, 0.717) is 13.2 Å². The van der Waals surface area contributed by atoms with Crippen molar-refractivity contribution < 1.29 is 9.53 Å². The first-order valence-corrected chi connectivity index (χ1v) is 5.62. The molecule has 0 heterocycles. The van der Waals surface area contributed by atoms with Crippen molar-refractivity contribution in [3.05, 3.63) is 47.5 Å². The fraction of sp³-hybridized carbons (Fsp3) is 0.357. The number of hydrogen-bond acceptors (Lipinski definition) is 2. The molecule has 0 amide bonds. The molecule has 86 valence electrons. The van der Waals surface area contributed by atoms with Crippen LogP contribution in [-0.4, -0.2) is 12.9 Å². The van der Waals surface area contributed by atoms with Crippen LogP contribution in [0, 0.1) is 0 Å². The largest absolute Gasteiger partial charge is 0.373 e. The first kappa shape index (κ1) is 12.7. The van der Waals surface area contributed by atoms with Gasteiger partial charge < -0.3 is 4.74 Å². The Morgan fingerprint density at radius 1 is 1.31 bits per heavy atom. The van der Waals surface area contributed by atoms with Crippen molar-refractivity contribution in [1.82, 2.24) is 0 Å². The van der Waals surface area contributed by atoms with Gasteiger partial charge in [0, 0.05) is 0 Å². The molecule has 0 unspecified atom stereocenters. The zero-order chi connectivity index (χ0) is 11.6. The summed E-state index contributed by atoms with van der Waals surface area (Å²) in [4.78, 5) is 10.6. The number of allylic oxidation sites excluding steroid dienone is 1. The smallest absolute Gasteiger partial charge is 0.145 e. The first-order chi connectivity index (χ1) is 7.86. The zero-order valence-electron chi connectivity index (χ0n) is 9.69. The monoisotopic (exact) mass is 218 g/mol. The molecule has 0 radical (unpaired) electrons. The highest BCUT2D eigenvalue weighted by Gasteiger charge is 1.94. The molecular formula is C14H18O2. The average Bonchev–Trinajstić information content (AvgIpc) is 2.34. The van der Waals surface area contributed by atoms with Crippen LogP contribution in [0.5, 0.6) is 0 Å². The van der Waals surface area contributed by atoms with Crippen LogP contribution in [0.4, 0.5) is 0 Å². The molecule has 1 aromatic carbocycles. The Balaban J connectivity index is 2.28. The van der Waals surface area contributed by atoms with E-state index >= 15 is 0 Å². The molecule has 0 atom stereocenters. The number of ether oxygens (including phenoxy) is 1. The maximum absolute atomic E-state index is 10.6. The minimum absolute atomic E-state index is 0.503. The van der Waals surface area contributed by atoms with E-state index in [9.17, 15) is 4.79 Å². The molecule has 2 nitrogen and oxygen atoms in total. The summed E-state index contributed by atoms with van der Waals surface area (Å²) in [5, 5.41) is 0. The fourth-order valence-corrected chi connectivity index (χ4v) is 1.41. The molecule has 0 saturated carbocycles. The molecule has 0 fully saturated rings. The van der Waals surface area contributed by atoms with E-state index in [1.807, 2.05) is 36.4 Å². The summed E-state index contributed by atoms with van der Waals surface area (Å²) in [6, 6.07) is 10.0. The number of carbonyl (C=O) groups is 1. The Bertz CT molecular complexity index is 328. The predicted octanol–water partition coefficient (Wildman–Crippen LogP) is 3.13. The summed E-state index contributed by atoms with van der Waals surface area (Å²) < 4.78 is 5.46. The molecular weight excluding hydrogens is 200 g/mol. The van der Waals surface area contributed by atoms with Crippen molar-refractivity contribution in [1.29, 1.82) is 0 Å². The van der Waals surface area contributed by atoms with Crippen LogP contribution in [0.2, 0.25) is 0 Å². The van der Waals surface area contributed by atoms with E-state index in [1.165, 1.54) is 0 Å².